The van der Waals surface area contributed by atoms with Crippen LogP contribution in [0.3, 0.4) is 0 Å². The van der Waals surface area contributed by atoms with E-state index in [-0.39, 0.29) is 22.8 Å². The number of benzene rings is 1. The summed E-state index contributed by atoms with van der Waals surface area (Å²) in [7, 11) is 0. The van der Waals surface area contributed by atoms with E-state index in [4.69, 9.17) is 4.98 Å². The van der Waals surface area contributed by atoms with Crippen molar-refractivity contribution in [2.75, 3.05) is 19.6 Å². The summed E-state index contributed by atoms with van der Waals surface area (Å²) in [5.41, 5.74) is 2.18. The molecular weight excluding hydrogens is 380 g/mol. The number of nitrogens with zero attached hydrogens (tertiary/aromatic N) is 4. The Kier molecular flexibility index (Phi) is 4.49. The molecule has 0 radical (unpaired) electrons. The summed E-state index contributed by atoms with van der Waals surface area (Å²) < 4.78 is 1.83. The van der Waals surface area contributed by atoms with E-state index in [1.54, 1.807) is 11.8 Å². The SMILES string of the molecule is CC(=O)N1CCC2(CC1)Cc1nc3c(c(=O)n1C2)CN(C(=O)c1ccccc1)CC3. The zero-order chi connectivity index (χ0) is 20.9. The highest BCUT2D eigenvalue weighted by Gasteiger charge is 2.42. The molecule has 1 spiro atoms. The molecule has 0 unspecified atom stereocenters. The van der Waals surface area contributed by atoms with Crippen molar-refractivity contribution in [3.05, 3.63) is 63.3 Å². The fourth-order valence-corrected chi connectivity index (χ4v) is 5.16. The maximum atomic E-state index is 13.3. The Hall–Kier alpha value is -2.96. The van der Waals surface area contributed by atoms with Gasteiger partial charge in [-0.1, -0.05) is 18.2 Å². The highest BCUT2D eigenvalue weighted by Crippen LogP contribution is 2.40. The number of fused-ring (bicyclic) bond motifs is 2. The number of hydrogen-bond donors (Lipinski definition) is 0. The van der Waals surface area contributed by atoms with Crippen molar-refractivity contribution in [1.82, 2.24) is 19.4 Å². The molecule has 3 aliphatic heterocycles. The van der Waals surface area contributed by atoms with Gasteiger partial charge in [0.25, 0.3) is 11.5 Å². The van der Waals surface area contributed by atoms with E-state index >= 15 is 0 Å². The topological polar surface area (TPSA) is 75.5 Å². The smallest absolute Gasteiger partial charge is 0.258 e. The van der Waals surface area contributed by atoms with Crippen molar-refractivity contribution in [2.24, 2.45) is 5.41 Å². The summed E-state index contributed by atoms with van der Waals surface area (Å²) in [4.78, 5) is 46.4. The van der Waals surface area contributed by atoms with Crippen molar-refractivity contribution < 1.29 is 9.59 Å². The predicted molar refractivity (Wildman–Crippen MR) is 111 cm³/mol. The van der Waals surface area contributed by atoms with Crippen LogP contribution in [0.4, 0.5) is 0 Å². The summed E-state index contributed by atoms with van der Waals surface area (Å²) in [6.45, 7) is 4.67. The first-order chi connectivity index (χ1) is 14.5. The van der Waals surface area contributed by atoms with Crippen molar-refractivity contribution in [1.29, 1.82) is 0 Å². The Bertz CT molecular complexity index is 1070. The van der Waals surface area contributed by atoms with Gasteiger partial charge in [-0.2, -0.15) is 0 Å². The number of amides is 2. The molecule has 4 heterocycles. The van der Waals surface area contributed by atoms with Gasteiger partial charge in [0, 0.05) is 51.5 Å². The molecule has 5 rings (SSSR count). The molecular formula is C23H26N4O3. The van der Waals surface area contributed by atoms with Crippen LogP contribution >= 0.6 is 0 Å². The average molecular weight is 406 g/mol. The molecule has 156 valence electrons. The lowest BCUT2D eigenvalue weighted by Gasteiger charge is -2.38. The molecule has 0 N–H and O–H groups in total. The van der Waals surface area contributed by atoms with Crippen LogP contribution in [0.2, 0.25) is 0 Å². The van der Waals surface area contributed by atoms with Crippen LogP contribution in [0.25, 0.3) is 0 Å². The molecule has 30 heavy (non-hydrogen) atoms. The molecule has 0 atom stereocenters. The number of aromatic nitrogens is 2. The van der Waals surface area contributed by atoms with E-state index in [9.17, 15) is 14.4 Å². The van der Waals surface area contributed by atoms with Gasteiger partial charge >= 0.3 is 0 Å². The maximum absolute atomic E-state index is 13.3. The van der Waals surface area contributed by atoms with Crippen LogP contribution in [0, 0.1) is 5.41 Å². The Morgan fingerprint density at radius 3 is 2.47 bits per heavy atom. The van der Waals surface area contributed by atoms with E-state index < -0.39 is 0 Å². The van der Waals surface area contributed by atoms with Crippen molar-refractivity contribution in [3.63, 3.8) is 0 Å². The second-order valence-electron chi connectivity index (χ2n) is 8.87. The van der Waals surface area contributed by atoms with E-state index in [1.807, 2.05) is 39.8 Å². The molecule has 3 aliphatic rings. The second kappa shape index (κ2) is 7.07. The minimum absolute atomic E-state index is 0.00596. The van der Waals surface area contributed by atoms with Crippen LogP contribution in [-0.2, 0) is 30.7 Å². The van der Waals surface area contributed by atoms with Crippen LogP contribution in [0.15, 0.2) is 35.1 Å². The highest BCUT2D eigenvalue weighted by atomic mass is 16.2. The molecule has 0 saturated carbocycles. The molecule has 7 heteroatoms. The first-order valence-electron chi connectivity index (χ1n) is 10.7. The van der Waals surface area contributed by atoms with Crippen molar-refractivity contribution >= 4 is 11.8 Å². The summed E-state index contributed by atoms with van der Waals surface area (Å²) in [6, 6.07) is 9.21. The Morgan fingerprint density at radius 2 is 1.77 bits per heavy atom. The highest BCUT2D eigenvalue weighted by molar-refractivity contribution is 5.94. The molecule has 1 fully saturated rings. The van der Waals surface area contributed by atoms with Gasteiger partial charge in [0.1, 0.15) is 5.82 Å². The molecule has 1 saturated heterocycles. The maximum Gasteiger partial charge on any atom is 0.258 e. The second-order valence-corrected chi connectivity index (χ2v) is 8.87. The lowest BCUT2D eigenvalue weighted by atomic mass is 9.77. The molecule has 1 aromatic carbocycles. The van der Waals surface area contributed by atoms with Gasteiger partial charge in [-0.15, -0.1) is 0 Å². The van der Waals surface area contributed by atoms with E-state index in [0.717, 1.165) is 43.9 Å². The van der Waals surface area contributed by atoms with Crippen LogP contribution < -0.4 is 5.56 Å². The fourth-order valence-electron chi connectivity index (χ4n) is 5.16. The Balaban J connectivity index is 1.39. The van der Waals surface area contributed by atoms with Crippen LogP contribution in [0.5, 0.6) is 0 Å². The number of carbonyl (C=O) groups is 2. The number of carbonyl (C=O) groups excluding carboxylic acids is 2. The van der Waals surface area contributed by atoms with Gasteiger partial charge in [0.15, 0.2) is 0 Å². The standard InChI is InChI=1S/C23H26N4O3/c1-16(28)25-11-8-23(9-12-25)13-20-24-19-7-10-26(14-18(19)22(30)27(20)15-23)21(29)17-5-3-2-4-6-17/h2-6H,7-15H2,1H3. The van der Waals surface area contributed by atoms with Gasteiger partial charge in [0.05, 0.1) is 17.8 Å². The predicted octanol–water partition coefficient (Wildman–Crippen LogP) is 1.63. The Morgan fingerprint density at radius 1 is 1.03 bits per heavy atom. The third-order valence-corrected chi connectivity index (χ3v) is 7.00. The largest absolute Gasteiger partial charge is 0.343 e. The third kappa shape index (κ3) is 3.13. The lowest BCUT2D eigenvalue weighted by molar-refractivity contribution is -0.131. The summed E-state index contributed by atoms with van der Waals surface area (Å²) in [5, 5.41) is 0. The minimum Gasteiger partial charge on any atom is -0.343 e. The first-order valence-corrected chi connectivity index (χ1v) is 10.7. The number of rotatable bonds is 1. The molecule has 2 aromatic rings. The van der Waals surface area contributed by atoms with E-state index in [1.165, 1.54) is 0 Å². The van der Waals surface area contributed by atoms with Crippen molar-refractivity contribution in [3.8, 4) is 0 Å². The number of piperidine rings is 1. The molecule has 0 bridgehead atoms. The lowest BCUT2D eigenvalue weighted by Crippen LogP contribution is -2.43. The third-order valence-electron chi connectivity index (χ3n) is 7.00. The number of hydrogen-bond acceptors (Lipinski definition) is 4. The van der Waals surface area contributed by atoms with Crippen LogP contribution in [-0.4, -0.2) is 50.8 Å². The molecule has 7 nitrogen and oxygen atoms in total. The normalized spacial score (nSPS) is 19.5. The fraction of sp³-hybridized carbons (Fsp3) is 0.478. The molecule has 1 aromatic heterocycles. The van der Waals surface area contributed by atoms with Gasteiger partial charge in [-0.25, -0.2) is 4.98 Å². The summed E-state index contributed by atoms with van der Waals surface area (Å²) in [6.07, 6.45) is 3.22. The van der Waals surface area contributed by atoms with Crippen molar-refractivity contribution in [2.45, 2.75) is 45.7 Å². The zero-order valence-electron chi connectivity index (χ0n) is 17.3. The average Bonchev–Trinajstić information content (AvgIpc) is 3.12. The zero-order valence-corrected chi connectivity index (χ0v) is 17.3. The van der Waals surface area contributed by atoms with Gasteiger partial charge < -0.3 is 9.80 Å². The van der Waals surface area contributed by atoms with Gasteiger partial charge in [-0.3, -0.25) is 19.0 Å². The minimum atomic E-state index is -0.0424. The Labute approximate surface area is 175 Å². The quantitative estimate of drug-likeness (QED) is 0.721. The van der Waals surface area contributed by atoms with E-state index in [2.05, 4.69) is 0 Å². The van der Waals surface area contributed by atoms with E-state index in [0.29, 0.717) is 37.2 Å². The monoisotopic (exact) mass is 406 g/mol. The van der Waals surface area contributed by atoms with Gasteiger partial charge in [0.2, 0.25) is 5.91 Å². The van der Waals surface area contributed by atoms with Crippen LogP contribution in [0.1, 0.15) is 47.2 Å². The molecule has 2 amide bonds. The van der Waals surface area contributed by atoms with Gasteiger partial charge in [-0.05, 0) is 30.4 Å². The summed E-state index contributed by atoms with van der Waals surface area (Å²) >= 11 is 0. The summed E-state index contributed by atoms with van der Waals surface area (Å²) in [5.74, 6) is 0.950. The first kappa shape index (κ1) is 19.0. The molecule has 0 aliphatic carbocycles. The number of likely N-dealkylation sites (tertiary alicyclic amines) is 1.